The summed E-state index contributed by atoms with van der Waals surface area (Å²) in [5.41, 5.74) is 2.05. The summed E-state index contributed by atoms with van der Waals surface area (Å²) < 4.78 is 1.64. The Kier molecular flexibility index (Phi) is 3.74. The maximum atomic E-state index is 10.9. The molecule has 1 atom stereocenters. The molecule has 0 amide bonds. The first-order chi connectivity index (χ1) is 8.70. The fraction of sp³-hybridized carbons (Fsp3) is 0.231. The van der Waals surface area contributed by atoms with Crippen LogP contribution in [0.5, 0.6) is 0 Å². The van der Waals surface area contributed by atoms with Crippen molar-refractivity contribution < 1.29 is 9.90 Å². The van der Waals surface area contributed by atoms with Crippen molar-refractivity contribution in [1.82, 2.24) is 15.1 Å². The summed E-state index contributed by atoms with van der Waals surface area (Å²) in [5, 5.41) is 15.9. The Morgan fingerprint density at radius 1 is 1.39 bits per heavy atom. The minimum absolute atomic E-state index is 0.304. The number of carbonyl (C=O) groups is 1. The summed E-state index contributed by atoms with van der Waals surface area (Å²) >= 11 is 0. The molecule has 94 valence electrons. The Morgan fingerprint density at radius 3 is 2.72 bits per heavy atom. The third-order valence-electron chi connectivity index (χ3n) is 2.76. The molecule has 5 heteroatoms. The van der Waals surface area contributed by atoms with Crippen LogP contribution in [0.2, 0.25) is 0 Å². The minimum Gasteiger partial charge on any atom is -0.480 e. The smallest absolute Gasteiger partial charge is 0.322 e. The molecule has 1 heterocycles. The van der Waals surface area contributed by atoms with Crippen molar-refractivity contribution in [3.63, 3.8) is 0 Å². The van der Waals surface area contributed by atoms with Gasteiger partial charge in [0, 0.05) is 11.8 Å². The van der Waals surface area contributed by atoms with Gasteiger partial charge in [-0.2, -0.15) is 5.10 Å². The molecule has 0 aliphatic carbocycles. The third kappa shape index (κ3) is 2.75. The topological polar surface area (TPSA) is 67.2 Å². The second-order valence-electron chi connectivity index (χ2n) is 4.00. The summed E-state index contributed by atoms with van der Waals surface area (Å²) in [6, 6.07) is 9.23. The first kappa shape index (κ1) is 12.3. The van der Waals surface area contributed by atoms with Crippen LogP contribution < -0.4 is 5.32 Å². The van der Waals surface area contributed by atoms with Crippen LogP contribution in [0.3, 0.4) is 0 Å². The molecule has 0 fully saturated rings. The zero-order valence-corrected chi connectivity index (χ0v) is 10.1. The van der Waals surface area contributed by atoms with Crippen molar-refractivity contribution in [1.29, 1.82) is 0 Å². The molecule has 2 aromatic rings. The molecule has 5 nitrogen and oxygen atoms in total. The Balaban J connectivity index is 2.14. The zero-order chi connectivity index (χ0) is 13.0. The molecule has 1 unspecified atom stereocenters. The standard InChI is InChI=1S/C13H15N3O2/c1-14-12(13(17)18)9-16-8-11(7-15-16)10-5-3-2-4-6-10/h2-8,12,14H,9H2,1H3,(H,17,18). The minimum atomic E-state index is -0.880. The van der Waals surface area contributed by atoms with E-state index in [2.05, 4.69) is 10.4 Å². The maximum absolute atomic E-state index is 10.9. The monoisotopic (exact) mass is 245 g/mol. The average molecular weight is 245 g/mol. The van der Waals surface area contributed by atoms with Crippen LogP contribution in [0.1, 0.15) is 0 Å². The van der Waals surface area contributed by atoms with E-state index in [1.807, 2.05) is 36.5 Å². The van der Waals surface area contributed by atoms with E-state index in [-0.39, 0.29) is 0 Å². The molecular weight excluding hydrogens is 230 g/mol. The molecule has 0 aliphatic heterocycles. The molecule has 18 heavy (non-hydrogen) atoms. The molecule has 0 aliphatic rings. The summed E-state index contributed by atoms with van der Waals surface area (Å²) in [7, 11) is 1.63. The third-order valence-corrected chi connectivity index (χ3v) is 2.76. The van der Waals surface area contributed by atoms with Gasteiger partial charge in [-0.05, 0) is 12.6 Å². The van der Waals surface area contributed by atoms with E-state index in [0.717, 1.165) is 11.1 Å². The molecule has 0 saturated heterocycles. The van der Waals surface area contributed by atoms with Gasteiger partial charge in [-0.15, -0.1) is 0 Å². The number of benzene rings is 1. The van der Waals surface area contributed by atoms with Gasteiger partial charge in [0.15, 0.2) is 0 Å². The highest BCUT2D eigenvalue weighted by molar-refractivity contribution is 5.73. The van der Waals surface area contributed by atoms with Gasteiger partial charge in [-0.1, -0.05) is 30.3 Å². The number of likely N-dealkylation sites (N-methyl/N-ethyl adjacent to an activating group) is 1. The van der Waals surface area contributed by atoms with Crippen molar-refractivity contribution in [3.8, 4) is 11.1 Å². The molecule has 0 spiro atoms. The Hall–Kier alpha value is -2.14. The van der Waals surface area contributed by atoms with Crippen molar-refractivity contribution in [2.75, 3.05) is 7.05 Å². The van der Waals surface area contributed by atoms with Crippen LogP contribution in [0.25, 0.3) is 11.1 Å². The van der Waals surface area contributed by atoms with Crippen molar-refractivity contribution in [2.45, 2.75) is 12.6 Å². The predicted octanol–water partition coefficient (Wildman–Crippen LogP) is 1.22. The maximum Gasteiger partial charge on any atom is 0.322 e. The van der Waals surface area contributed by atoms with Crippen LogP contribution in [0.15, 0.2) is 42.7 Å². The summed E-state index contributed by atoms with van der Waals surface area (Å²) in [5.74, 6) is -0.880. The number of carboxylic acids is 1. The summed E-state index contributed by atoms with van der Waals surface area (Å²) in [6.07, 6.45) is 3.59. The van der Waals surface area contributed by atoms with E-state index in [4.69, 9.17) is 5.11 Å². The Morgan fingerprint density at radius 2 is 2.11 bits per heavy atom. The van der Waals surface area contributed by atoms with E-state index >= 15 is 0 Å². The molecule has 0 bridgehead atoms. The Bertz CT molecular complexity index is 522. The van der Waals surface area contributed by atoms with Gasteiger partial charge in [0.05, 0.1) is 12.7 Å². The van der Waals surface area contributed by atoms with Crippen LogP contribution in [0.4, 0.5) is 0 Å². The van der Waals surface area contributed by atoms with Crippen LogP contribution in [-0.2, 0) is 11.3 Å². The van der Waals surface area contributed by atoms with E-state index in [1.54, 1.807) is 17.9 Å². The number of hydrogen-bond acceptors (Lipinski definition) is 3. The summed E-state index contributed by atoms with van der Waals surface area (Å²) in [6.45, 7) is 0.304. The summed E-state index contributed by atoms with van der Waals surface area (Å²) in [4.78, 5) is 10.9. The first-order valence-corrected chi connectivity index (χ1v) is 5.68. The lowest BCUT2D eigenvalue weighted by Crippen LogP contribution is -2.37. The number of nitrogens with one attached hydrogen (secondary N) is 1. The van der Waals surface area contributed by atoms with Gasteiger partial charge in [0.1, 0.15) is 6.04 Å². The van der Waals surface area contributed by atoms with Gasteiger partial charge in [0.2, 0.25) is 0 Å². The van der Waals surface area contributed by atoms with Crippen LogP contribution in [-0.4, -0.2) is 33.9 Å². The average Bonchev–Trinajstić information content (AvgIpc) is 2.85. The SMILES string of the molecule is CNC(Cn1cc(-c2ccccc2)cn1)C(=O)O. The lowest BCUT2D eigenvalue weighted by Gasteiger charge is -2.10. The van der Waals surface area contributed by atoms with E-state index in [9.17, 15) is 4.79 Å². The first-order valence-electron chi connectivity index (χ1n) is 5.68. The lowest BCUT2D eigenvalue weighted by atomic mass is 10.1. The normalized spacial score (nSPS) is 12.3. The number of nitrogens with zero attached hydrogens (tertiary/aromatic N) is 2. The van der Waals surface area contributed by atoms with Crippen LogP contribution >= 0.6 is 0 Å². The number of aliphatic carboxylic acids is 1. The van der Waals surface area contributed by atoms with E-state index < -0.39 is 12.0 Å². The van der Waals surface area contributed by atoms with Crippen molar-refractivity contribution in [3.05, 3.63) is 42.7 Å². The molecule has 2 N–H and O–H groups in total. The van der Waals surface area contributed by atoms with Crippen LogP contribution in [0, 0.1) is 0 Å². The molecule has 0 radical (unpaired) electrons. The molecule has 1 aromatic heterocycles. The molecular formula is C13H15N3O2. The van der Waals surface area contributed by atoms with Crippen molar-refractivity contribution in [2.24, 2.45) is 0 Å². The fourth-order valence-corrected chi connectivity index (χ4v) is 1.72. The number of carboxylic acid groups (broad SMARTS) is 1. The van der Waals surface area contributed by atoms with Gasteiger partial charge >= 0.3 is 5.97 Å². The highest BCUT2D eigenvalue weighted by Crippen LogP contribution is 2.17. The lowest BCUT2D eigenvalue weighted by molar-refractivity contribution is -0.139. The van der Waals surface area contributed by atoms with Gasteiger partial charge in [-0.25, -0.2) is 0 Å². The fourth-order valence-electron chi connectivity index (χ4n) is 1.72. The molecule has 2 rings (SSSR count). The quantitative estimate of drug-likeness (QED) is 0.831. The van der Waals surface area contributed by atoms with E-state index in [1.165, 1.54) is 0 Å². The predicted molar refractivity (Wildman–Crippen MR) is 68.1 cm³/mol. The number of aromatic nitrogens is 2. The largest absolute Gasteiger partial charge is 0.480 e. The van der Waals surface area contributed by atoms with E-state index in [0.29, 0.717) is 6.54 Å². The molecule has 0 saturated carbocycles. The molecule has 1 aromatic carbocycles. The van der Waals surface area contributed by atoms with Gasteiger partial charge < -0.3 is 10.4 Å². The zero-order valence-electron chi connectivity index (χ0n) is 10.1. The Labute approximate surface area is 105 Å². The number of rotatable bonds is 5. The second kappa shape index (κ2) is 5.46. The highest BCUT2D eigenvalue weighted by atomic mass is 16.4. The van der Waals surface area contributed by atoms with Crippen molar-refractivity contribution >= 4 is 5.97 Å². The van der Waals surface area contributed by atoms with Gasteiger partial charge in [-0.3, -0.25) is 9.48 Å². The van der Waals surface area contributed by atoms with Gasteiger partial charge in [0.25, 0.3) is 0 Å². The highest BCUT2D eigenvalue weighted by Gasteiger charge is 2.15. The number of hydrogen-bond donors (Lipinski definition) is 2. The second-order valence-corrected chi connectivity index (χ2v) is 4.00.